The average Bonchev–Trinajstić information content (AvgIpc) is 3.11. The zero-order valence-corrected chi connectivity index (χ0v) is 22.5. The number of carboxylic acids is 1. The van der Waals surface area contributed by atoms with Crippen LogP contribution in [0.3, 0.4) is 0 Å². The molecule has 8 heteroatoms. The second-order valence-corrected chi connectivity index (χ2v) is 9.83. The molecule has 38 heavy (non-hydrogen) atoms. The van der Waals surface area contributed by atoms with Crippen molar-refractivity contribution in [3.63, 3.8) is 0 Å². The van der Waals surface area contributed by atoms with Gasteiger partial charge in [0, 0.05) is 35.5 Å². The maximum absolute atomic E-state index is 14.6. The summed E-state index contributed by atoms with van der Waals surface area (Å²) < 4.78 is 22.4. The van der Waals surface area contributed by atoms with Crippen molar-refractivity contribution in [3.8, 4) is 11.5 Å². The highest BCUT2D eigenvalue weighted by atomic mass is 35.5. The summed E-state index contributed by atoms with van der Waals surface area (Å²) in [6, 6.07) is 14.8. The highest BCUT2D eigenvalue weighted by Gasteiger charge is 2.21. The number of halogens is 2. The second kappa shape index (κ2) is 11.3. The minimum Gasteiger partial charge on any atom is -0.481 e. The van der Waals surface area contributed by atoms with Crippen molar-refractivity contribution in [3.05, 3.63) is 93.4 Å². The second-order valence-electron chi connectivity index (χ2n) is 9.39. The Morgan fingerprint density at radius 1 is 1.08 bits per heavy atom. The number of ether oxygens (including phenoxy) is 1. The molecule has 4 aromatic rings. The zero-order valence-electron chi connectivity index (χ0n) is 21.8. The fraction of sp³-hybridized carbons (Fsp3) is 0.267. The summed E-state index contributed by atoms with van der Waals surface area (Å²) in [4.78, 5) is 24.2. The molecular formula is C30H30ClFN2O4. The van der Waals surface area contributed by atoms with Gasteiger partial charge >= 0.3 is 5.97 Å². The van der Waals surface area contributed by atoms with E-state index >= 15 is 0 Å². The lowest BCUT2D eigenvalue weighted by atomic mass is 10.0. The molecule has 0 unspecified atom stereocenters. The molecule has 1 amide bonds. The number of amides is 1. The predicted molar refractivity (Wildman–Crippen MR) is 147 cm³/mol. The van der Waals surface area contributed by atoms with E-state index < -0.39 is 17.8 Å². The van der Waals surface area contributed by atoms with Gasteiger partial charge in [-0.2, -0.15) is 0 Å². The summed E-state index contributed by atoms with van der Waals surface area (Å²) in [7, 11) is 1.83. The van der Waals surface area contributed by atoms with E-state index in [9.17, 15) is 14.0 Å². The number of benzene rings is 3. The summed E-state index contributed by atoms with van der Waals surface area (Å²) in [6.07, 6.45) is 1.20. The van der Waals surface area contributed by atoms with Crippen molar-refractivity contribution >= 4 is 34.4 Å². The Kier molecular flexibility index (Phi) is 8.07. The van der Waals surface area contributed by atoms with Gasteiger partial charge in [0.05, 0.1) is 6.04 Å². The number of carboxylic acid groups (broad SMARTS) is 1. The number of hydrogen-bond donors (Lipinski definition) is 2. The van der Waals surface area contributed by atoms with E-state index in [4.69, 9.17) is 21.4 Å². The molecule has 0 saturated heterocycles. The van der Waals surface area contributed by atoms with Crippen LogP contribution in [-0.2, 0) is 24.7 Å². The normalized spacial score (nSPS) is 11.9. The minimum absolute atomic E-state index is 0.0517. The number of aliphatic carboxylic acids is 1. The minimum atomic E-state index is -0.846. The van der Waals surface area contributed by atoms with Gasteiger partial charge in [-0.05, 0) is 91.4 Å². The smallest absolute Gasteiger partial charge is 0.303 e. The molecule has 0 bridgehead atoms. The molecular weight excluding hydrogens is 507 g/mol. The Morgan fingerprint density at radius 3 is 2.55 bits per heavy atom. The van der Waals surface area contributed by atoms with Crippen LogP contribution in [0.25, 0.3) is 10.9 Å². The monoisotopic (exact) mass is 536 g/mol. The van der Waals surface area contributed by atoms with E-state index in [1.54, 1.807) is 25.1 Å². The van der Waals surface area contributed by atoms with Gasteiger partial charge in [0.2, 0.25) is 0 Å². The van der Waals surface area contributed by atoms with Gasteiger partial charge in [-0.15, -0.1) is 0 Å². The molecule has 0 aliphatic heterocycles. The number of aryl methyl sites for hydroxylation is 4. The van der Waals surface area contributed by atoms with Gasteiger partial charge in [0.1, 0.15) is 23.0 Å². The molecule has 0 aliphatic rings. The van der Waals surface area contributed by atoms with Crippen molar-refractivity contribution in [2.24, 2.45) is 7.05 Å². The Bertz CT molecular complexity index is 1530. The van der Waals surface area contributed by atoms with E-state index in [0.717, 1.165) is 27.6 Å². The van der Waals surface area contributed by atoms with Crippen molar-refractivity contribution < 1.29 is 23.8 Å². The highest BCUT2D eigenvalue weighted by molar-refractivity contribution is 6.31. The molecule has 0 saturated carbocycles. The lowest BCUT2D eigenvalue weighted by Gasteiger charge is -2.17. The van der Waals surface area contributed by atoms with Gasteiger partial charge in [-0.25, -0.2) is 4.39 Å². The maximum Gasteiger partial charge on any atom is 0.303 e. The number of nitrogens with one attached hydrogen (secondary N) is 1. The Labute approximate surface area is 226 Å². The molecule has 0 radical (unpaired) electrons. The summed E-state index contributed by atoms with van der Waals surface area (Å²) in [5.41, 5.74) is 4.71. The number of aromatic nitrogens is 1. The lowest BCUT2D eigenvalue weighted by molar-refractivity contribution is -0.136. The predicted octanol–water partition coefficient (Wildman–Crippen LogP) is 7.14. The van der Waals surface area contributed by atoms with Crippen LogP contribution in [0.1, 0.15) is 59.1 Å². The number of fused-ring (bicyclic) bond motifs is 1. The van der Waals surface area contributed by atoms with Gasteiger partial charge in [-0.3, -0.25) is 9.59 Å². The third-order valence-corrected chi connectivity index (χ3v) is 7.01. The lowest BCUT2D eigenvalue weighted by Crippen LogP contribution is -2.29. The third-order valence-electron chi connectivity index (χ3n) is 6.77. The first-order chi connectivity index (χ1) is 18.1. The van der Waals surface area contributed by atoms with Crippen LogP contribution in [0, 0.1) is 12.7 Å². The maximum atomic E-state index is 14.6. The van der Waals surface area contributed by atoms with Crippen LogP contribution in [0.2, 0.25) is 5.02 Å². The molecule has 0 aliphatic carbocycles. The standard InChI is InChI=1S/C30H30ClFN2O4/c1-5-19-13-24(9-6-20(19)7-11-28(35)36)38-25-14-21(12-23(32)16-25)18(3)33-30(37)29-17(2)26-15-22(31)8-10-27(26)34(29)4/h6,8-10,12-16,18H,5,7,11H2,1-4H3,(H,33,37)(H,35,36)/t18-/m0/s1. The van der Waals surface area contributed by atoms with E-state index in [2.05, 4.69) is 5.32 Å². The molecule has 198 valence electrons. The number of nitrogens with zero attached hydrogens (tertiary/aromatic N) is 1. The van der Waals surface area contributed by atoms with Crippen LogP contribution in [0.15, 0.2) is 54.6 Å². The Morgan fingerprint density at radius 2 is 1.84 bits per heavy atom. The fourth-order valence-electron chi connectivity index (χ4n) is 4.78. The average molecular weight is 537 g/mol. The number of carbonyl (C=O) groups is 2. The van der Waals surface area contributed by atoms with E-state index in [-0.39, 0.29) is 12.3 Å². The van der Waals surface area contributed by atoms with Crippen LogP contribution in [-0.4, -0.2) is 21.6 Å². The van der Waals surface area contributed by atoms with Crippen LogP contribution < -0.4 is 10.1 Å². The number of carbonyl (C=O) groups excluding carboxylic acids is 1. The van der Waals surface area contributed by atoms with Crippen molar-refractivity contribution in [1.82, 2.24) is 9.88 Å². The first-order valence-electron chi connectivity index (χ1n) is 12.4. The summed E-state index contributed by atoms with van der Waals surface area (Å²) in [5, 5.41) is 13.5. The molecule has 6 nitrogen and oxygen atoms in total. The Balaban J connectivity index is 1.54. The molecule has 0 spiro atoms. The largest absolute Gasteiger partial charge is 0.481 e. The number of rotatable bonds is 9. The van der Waals surface area contributed by atoms with Crippen LogP contribution >= 0.6 is 11.6 Å². The molecule has 1 atom stereocenters. The van der Waals surface area contributed by atoms with Gasteiger partial charge in [-0.1, -0.05) is 24.6 Å². The third kappa shape index (κ3) is 5.83. The first-order valence-corrected chi connectivity index (χ1v) is 12.8. The molecule has 4 rings (SSSR count). The van der Waals surface area contributed by atoms with E-state index in [0.29, 0.717) is 40.6 Å². The molecule has 0 fully saturated rings. The molecule has 1 aromatic heterocycles. The zero-order chi connectivity index (χ0) is 27.6. The quantitative estimate of drug-likeness (QED) is 0.238. The van der Waals surface area contributed by atoms with E-state index in [1.807, 2.05) is 49.7 Å². The van der Waals surface area contributed by atoms with Crippen molar-refractivity contribution in [2.45, 2.75) is 46.1 Å². The molecule has 3 aromatic carbocycles. The van der Waals surface area contributed by atoms with E-state index in [1.165, 1.54) is 12.1 Å². The number of hydrogen-bond acceptors (Lipinski definition) is 3. The topological polar surface area (TPSA) is 80.6 Å². The highest BCUT2D eigenvalue weighted by Crippen LogP contribution is 2.30. The van der Waals surface area contributed by atoms with Gasteiger partial charge in [0.25, 0.3) is 5.91 Å². The molecule has 1 heterocycles. The summed E-state index contributed by atoms with van der Waals surface area (Å²) in [6.45, 7) is 5.65. The van der Waals surface area contributed by atoms with Crippen LogP contribution in [0.5, 0.6) is 11.5 Å². The summed E-state index contributed by atoms with van der Waals surface area (Å²) >= 11 is 6.16. The SMILES string of the molecule is CCc1cc(Oc2cc(F)cc([C@H](C)NC(=O)c3c(C)c4cc(Cl)ccc4n3C)c2)ccc1CCC(=O)O. The van der Waals surface area contributed by atoms with Crippen molar-refractivity contribution in [2.75, 3.05) is 0 Å². The first kappa shape index (κ1) is 27.2. The van der Waals surface area contributed by atoms with Gasteiger partial charge < -0.3 is 19.7 Å². The summed E-state index contributed by atoms with van der Waals surface area (Å²) in [5.74, 6) is -0.777. The van der Waals surface area contributed by atoms with Crippen molar-refractivity contribution in [1.29, 1.82) is 0 Å². The van der Waals surface area contributed by atoms with Gasteiger partial charge in [0.15, 0.2) is 0 Å². The van der Waals surface area contributed by atoms with Crippen LogP contribution in [0.4, 0.5) is 4.39 Å². The Hall–Kier alpha value is -3.84. The fourth-order valence-corrected chi connectivity index (χ4v) is 4.95. The molecule has 2 N–H and O–H groups in total.